The molecule has 0 bridgehead atoms. The number of fused-ring (bicyclic) bond motifs is 1. The molecule has 2 aromatic carbocycles. The number of aromatic nitrogens is 2. The van der Waals surface area contributed by atoms with E-state index in [4.69, 9.17) is 16.3 Å². The summed E-state index contributed by atoms with van der Waals surface area (Å²) in [6, 6.07) is 15.8. The minimum atomic E-state index is -0.105. The standard InChI is InChI=1S/C27H29ClN4O3/c1-18-2-4-19(5-3-18)14-29-26(33)21-10-12-31(13-11-21)27(34)25-23-16-35-24(15-32(23)17-30-25)20-6-8-22(28)9-7-20/h2-9,17,21,24H,10-16H2,1H3,(H,29,33)/t24-/m0/s1. The van der Waals surface area contributed by atoms with Gasteiger partial charge in [0.1, 0.15) is 6.10 Å². The van der Waals surface area contributed by atoms with Gasteiger partial charge in [-0.05, 0) is 43.0 Å². The van der Waals surface area contributed by atoms with Crippen LogP contribution in [0.25, 0.3) is 0 Å². The zero-order valence-corrected chi connectivity index (χ0v) is 20.5. The number of hydrogen-bond donors (Lipinski definition) is 1. The molecule has 5 rings (SSSR count). The zero-order valence-electron chi connectivity index (χ0n) is 19.7. The second-order valence-electron chi connectivity index (χ2n) is 9.31. The van der Waals surface area contributed by atoms with Gasteiger partial charge in [0.05, 0.1) is 25.2 Å². The van der Waals surface area contributed by atoms with Crippen molar-refractivity contribution in [2.75, 3.05) is 13.1 Å². The van der Waals surface area contributed by atoms with Gasteiger partial charge in [-0.1, -0.05) is 53.6 Å². The number of carbonyl (C=O) groups is 2. The first kappa shape index (κ1) is 23.6. The number of likely N-dealkylation sites (tertiary alicyclic amines) is 1. The SMILES string of the molecule is Cc1ccc(CNC(=O)C2CCN(C(=O)c3ncn4c3CO[C@H](c3ccc(Cl)cc3)C4)CC2)cc1. The number of imidazole rings is 1. The number of hydrogen-bond acceptors (Lipinski definition) is 4. The van der Waals surface area contributed by atoms with E-state index in [-0.39, 0.29) is 23.8 Å². The number of halogens is 1. The predicted molar refractivity (Wildman–Crippen MR) is 133 cm³/mol. The smallest absolute Gasteiger partial charge is 0.274 e. The summed E-state index contributed by atoms with van der Waals surface area (Å²) in [5.41, 5.74) is 4.58. The molecule has 1 atom stereocenters. The molecule has 182 valence electrons. The largest absolute Gasteiger partial charge is 0.365 e. The van der Waals surface area contributed by atoms with Gasteiger partial charge in [0.2, 0.25) is 5.91 Å². The van der Waals surface area contributed by atoms with E-state index in [1.165, 1.54) is 5.56 Å². The maximum absolute atomic E-state index is 13.2. The van der Waals surface area contributed by atoms with Crippen molar-refractivity contribution in [1.29, 1.82) is 0 Å². The Morgan fingerprint density at radius 2 is 1.80 bits per heavy atom. The first-order valence-electron chi connectivity index (χ1n) is 12.0. The van der Waals surface area contributed by atoms with Crippen molar-refractivity contribution < 1.29 is 14.3 Å². The van der Waals surface area contributed by atoms with E-state index >= 15 is 0 Å². The first-order valence-corrected chi connectivity index (χ1v) is 12.4. The molecule has 8 heteroatoms. The Morgan fingerprint density at radius 3 is 2.51 bits per heavy atom. The molecule has 2 amide bonds. The quantitative estimate of drug-likeness (QED) is 0.576. The van der Waals surface area contributed by atoms with Crippen molar-refractivity contribution in [3.63, 3.8) is 0 Å². The Kier molecular flexibility index (Phi) is 6.88. The average molecular weight is 493 g/mol. The highest BCUT2D eigenvalue weighted by molar-refractivity contribution is 6.30. The van der Waals surface area contributed by atoms with Crippen LogP contribution in [-0.4, -0.2) is 39.4 Å². The summed E-state index contributed by atoms with van der Waals surface area (Å²) in [7, 11) is 0. The second kappa shape index (κ2) is 10.2. The molecule has 0 aliphatic carbocycles. The minimum absolute atomic E-state index is 0.0543. The molecule has 3 aromatic rings. The topological polar surface area (TPSA) is 76.5 Å². The molecule has 3 heterocycles. The van der Waals surface area contributed by atoms with Crippen LogP contribution in [-0.2, 0) is 29.2 Å². The van der Waals surface area contributed by atoms with Crippen molar-refractivity contribution >= 4 is 23.4 Å². The number of aryl methyl sites for hydroxylation is 1. The zero-order chi connectivity index (χ0) is 24.4. The molecule has 7 nitrogen and oxygen atoms in total. The molecule has 0 spiro atoms. The number of benzene rings is 2. The van der Waals surface area contributed by atoms with E-state index in [0.717, 1.165) is 16.8 Å². The molecule has 0 radical (unpaired) electrons. The molecular weight excluding hydrogens is 464 g/mol. The number of nitrogens with one attached hydrogen (secondary N) is 1. The van der Waals surface area contributed by atoms with Crippen LogP contribution in [0.3, 0.4) is 0 Å². The highest BCUT2D eigenvalue weighted by atomic mass is 35.5. The lowest BCUT2D eigenvalue weighted by Crippen LogP contribution is -2.43. The molecule has 1 aromatic heterocycles. The van der Waals surface area contributed by atoms with Gasteiger partial charge >= 0.3 is 0 Å². The van der Waals surface area contributed by atoms with Gasteiger partial charge in [-0.25, -0.2) is 4.98 Å². The number of amides is 2. The lowest BCUT2D eigenvalue weighted by molar-refractivity contribution is -0.126. The fraction of sp³-hybridized carbons (Fsp3) is 0.370. The Bertz CT molecular complexity index is 1200. The van der Waals surface area contributed by atoms with E-state index < -0.39 is 0 Å². The Labute approximate surface area is 210 Å². The van der Waals surface area contributed by atoms with Crippen LogP contribution < -0.4 is 5.32 Å². The summed E-state index contributed by atoms with van der Waals surface area (Å²) in [4.78, 5) is 32.1. The van der Waals surface area contributed by atoms with Gasteiger partial charge in [0.25, 0.3) is 5.91 Å². The van der Waals surface area contributed by atoms with Crippen LogP contribution in [0, 0.1) is 12.8 Å². The van der Waals surface area contributed by atoms with Gasteiger partial charge in [-0.2, -0.15) is 0 Å². The lowest BCUT2D eigenvalue weighted by atomic mass is 9.95. The fourth-order valence-electron chi connectivity index (χ4n) is 4.72. The lowest BCUT2D eigenvalue weighted by Gasteiger charge is -2.31. The highest BCUT2D eigenvalue weighted by Crippen LogP contribution is 2.29. The summed E-state index contributed by atoms with van der Waals surface area (Å²) >= 11 is 6.00. The summed E-state index contributed by atoms with van der Waals surface area (Å²) < 4.78 is 8.06. The van der Waals surface area contributed by atoms with E-state index in [9.17, 15) is 9.59 Å². The van der Waals surface area contributed by atoms with Crippen LogP contribution in [0.15, 0.2) is 54.9 Å². The molecule has 0 saturated carbocycles. The summed E-state index contributed by atoms with van der Waals surface area (Å²) in [5, 5.41) is 3.73. The van der Waals surface area contributed by atoms with Crippen molar-refractivity contribution in [1.82, 2.24) is 19.8 Å². The van der Waals surface area contributed by atoms with Gasteiger partial charge in [0, 0.05) is 30.6 Å². The van der Waals surface area contributed by atoms with Crippen LogP contribution in [0.5, 0.6) is 0 Å². The van der Waals surface area contributed by atoms with E-state index in [0.29, 0.717) is 56.3 Å². The van der Waals surface area contributed by atoms with Gasteiger partial charge in [0.15, 0.2) is 5.69 Å². The maximum atomic E-state index is 13.2. The van der Waals surface area contributed by atoms with Crippen LogP contribution in [0.1, 0.15) is 51.8 Å². The van der Waals surface area contributed by atoms with Crippen molar-refractivity contribution in [3.05, 3.63) is 88.0 Å². The monoisotopic (exact) mass is 492 g/mol. The molecule has 1 saturated heterocycles. The highest BCUT2D eigenvalue weighted by Gasteiger charge is 2.32. The van der Waals surface area contributed by atoms with Crippen LogP contribution >= 0.6 is 11.6 Å². The third kappa shape index (κ3) is 5.26. The number of ether oxygens (including phenoxy) is 1. The number of rotatable bonds is 5. The third-order valence-corrected chi connectivity index (χ3v) is 7.17. The van der Waals surface area contributed by atoms with Gasteiger partial charge in [-0.3, -0.25) is 9.59 Å². The Hall–Kier alpha value is -3.16. The maximum Gasteiger partial charge on any atom is 0.274 e. The predicted octanol–water partition coefficient (Wildman–Crippen LogP) is 4.29. The van der Waals surface area contributed by atoms with Crippen LogP contribution in [0.2, 0.25) is 5.02 Å². The third-order valence-electron chi connectivity index (χ3n) is 6.91. The summed E-state index contributed by atoms with van der Waals surface area (Å²) in [6.45, 7) is 4.58. The molecule has 0 unspecified atom stereocenters. The minimum Gasteiger partial charge on any atom is -0.365 e. The number of nitrogens with zero attached hydrogens (tertiary/aromatic N) is 3. The van der Waals surface area contributed by atoms with E-state index in [1.807, 2.05) is 60.0 Å². The first-order chi connectivity index (χ1) is 17.0. The average Bonchev–Trinajstić information content (AvgIpc) is 3.31. The normalized spacial score (nSPS) is 18.2. The van der Waals surface area contributed by atoms with Crippen molar-refractivity contribution in [2.24, 2.45) is 5.92 Å². The summed E-state index contributed by atoms with van der Waals surface area (Å²) in [6.07, 6.45) is 2.91. The van der Waals surface area contributed by atoms with Crippen molar-refractivity contribution in [2.45, 2.75) is 45.6 Å². The van der Waals surface area contributed by atoms with Crippen molar-refractivity contribution in [3.8, 4) is 0 Å². The van der Waals surface area contributed by atoms with Gasteiger partial charge < -0.3 is 19.5 Å². The molecule has 2 aliphatic rings. The Morgan fingerprint density at radius 1 is 1.09 bits per heavy atom. The molecule has 1 fully saturated rings. The number of carbonyl (C=O) groups excluding carboxylic acids is 2. The van der Waals surface area contributed by atoms with Gasteiger partial charge in [-0.15, -0.1) is 0 Å². The van der Waals surface area contributed by atoms with Crippen LogP contribution in [0.4, 0.5) is 0 Å². The molecule has 2 aliphatic heterocycles. The Balaban J connectivity index is 1.15. The molecule has 1 N–H and O–H groups in total. The van der Waals surface area contributed by atoms with E-state index in [1.54, 1.807) is 11.2 Å². The van der Waals surface area contributed by atoms with E-state index in [2.05, 4.69) is 10.3 Å². The summed E-state index contributed by atoms with van der Waals surface area (Å²) in [5.74, 6) is -0.117. The molecular formula is C27H29ClN4O3. The second-order valence-corrected chi connectivity index (χ2v) is 9.75. The molecule has 35 heavy (non-hydrogen) atoms. The number of piperidine rings is 1. The fourth-order valence-corrected chi connectivity index (χ4v) is 4.84.